The Labute approximate surface area is 153 Å². The number of nitrogens with one attached hydrogen (secondary N) is 1. The van der Waals surface area contributed by atoms with Crippen molar-refractivity contribution in [1.29, 1.82) is 0 Å². The summed E-state index contributed by atoms with van der Waals surface area (Å²) < 4.78 is 4.41. The van der Waals surface area contributed by atoms with E-state index in [1.54, 1.807) is 0 Å². The number of hydrogen-bond acceptors (Lipinski definition) is 2. The summed E-state index contributed by atoms with van der Waals surface area (Å²) in [7, 11) is 0. The first-order valence-electron chi connectivity index (χ1n) is 8.82. The molecule has 0 aliphatic heterocycles. The minimum absolute atomic E-state index is 0.817. The molecule has 4 heterocycles. The number of H-pyrrole nitrogens is 1. The van der Waals surface area contributed by atoms with E-state index in [1.165, 1.54) is 28.3 Å². The zero-order valence-corrected chi connectivity index (χ0v) is 15.6. The second-order valence-electron chi connectivity index (χ2n) is 6.88. The molecule has 0 bridgehead atoms. The highest BCUT2D eigenvalue weighted by atomic mass is 15.1. The van der Waals surface area contributed by atoms with Crippen molar-refractivity contribution in [2.75, 3.05) is 0 Å². The summed E-state index contributed by atoms with van der Waals surface area (Å²) in [5.41, 5.74) is 7.11. The predicted molar refractivity (Wildman–Crippen MR) is 103 cm³/mol. The molecule has 4 aromatic heterocycles. The molecule has 0 aromatic carbocycles. The van der Waals surface area contributed by atoms with Gasteiger partial charge in [0.25, 0.3) is 0 Å². The molecule has 0 amide bonds. The van der Waals surface area contributed by atoms with Gasteiger partial charge in [0.1, 0.15) is 11.6 Å². The van der Waals surface area contributed by atoms with Crippen LogP contribution in [0.3, 0.4) is 0 Å². The molecule has 0 fully saturated rings. The Kier molecular flexibility index (Phi) is 3.99. The van der Waals surface area contributed by atoms with E-state index in [9.17, 15) is 0 Å². The largest absolute Gasteiger partial charge is 0.303 e. The molecule has 0 atom stereocenters. The lowest BCUT2D eigenvalue weighted by atomic mass is 10.1. The van der Waals surface area contributed by atoms with E-state index < -0.39 is 0 Å². The summed E-state index contributed by atoms with van der Waals surface area (Å²) in [5.74, 6) is 1.90. The third-order valence-corrected chi connectivity index (χ3v) is 4.82. The van der Waals surface area contributed by atoms with Gasteiger partial charge in [-0.25, -0.2) is 4.98 Å². The molecule has 5 heteroatoms. The van der Waals surface area contributed by atoms with Crippen LogP contribution in [0, 0.1) is 27.7 Å². The first-order valence-corrected chi connectivity index (χ1v) is 8.82. The van der Waals surface area contributed by atoms with Gasteiger partial charge in [0, 0.05) is 35.4 Å². The van der Waals surface area contributed by atoms with Crippen LogP contribution in [0.1, 0.15) is 33.9 Å². The first kappa shape index (κ1) is 16.4. The minimum Gasteiger partial charge on any atom is -0.303 e. The number of rotatable bonds is 4. The van der Waals surface area contributed by atoms with E-state index in [0.29, 0.717) is 0 Å². The fourth-order valence-corrected chi connectivity index (χ4v) is 3.56. The molecule has 5 nitrogen and oxygen atoms in total. The van der Waals surface area contributed by atoms with Crippen molar-refractivity contribution in [2.24, 2.45) is 0 Å². The number of aromatic nitrogens is 5. The van der Waals surface area contributed by atoms with Crippen LogP contribution in [0.2, 0.25) is 0 Å². The molecule has 0 aliphatic carbocycles. The van der Waals surface area contributed by atoms with Gasteiger partial charge in [0.2, 0.25) is 0 Å². The van der Waals surface area contributed by atoms with E-state index in [2.05, 4.69) is 83.4 Å². The highest BCUT2D eigenvalue weighted by molar-refractivity contribution is 5.43. The van der Waals surface area contributed by atoms with Gasteiger partial charge in [-0.3, -0.25) is 5.10 Å². The van der Waals surface area contributed by atoms with Crippen LogP contribution in [-0.2, 0) is 6.42 Å². The Morgan fingerprint density at radius 2 is 1.27 bits per heavy atom. The highest BCUT2D eigenvalue weighted by Gasteiger charge is 2.13. The molecule has 0 spiro atoms. The Morgan fingerprint density at radius 3 is 1.69 bits per heavy atom. The van der Waals surface area contributed by atoms with Crippen molar-refractivity contribution in [1.82, 2.24) is 24.3 Å². The summed E-state index contributed by atoms with van der Waals surface area (Å²) >= 11 is 0. The lowest BCUT2D eigenvalue weighted by Crippen LogP contribution is -2.09. The molecular weight excluding hydrogens is 322 g/mol. The van der Waals surface area contributed by atoms with Gasteiger partial charge in [-0.05, 0) is 75.2 Å². The van der Waals surface area contributed by atoms with Crippen molar-refractivity contribution in [2.45, 2.75) is 34.1 Å². The van der Waals surface area contributed by atoms with Crippen molar-refractivity contribution < 1.29 is 0 Å². The molecule has 26 heavy (non-hydrogen) atoms. The molecule has 132 valence electrons. The highest BCUT2D eigenvalue weighted by Crippen LogP contribution is 2.22. The summed E-state index contributed by atoms with van der Waals surface area (Å²) in [4.78, 5) is 4.99. The number of hydrogen-bond donors (Lipinski definition) is 1. The Bertz CT molecular complexity index is 947. The van der Waals surface area contributed by atoms with E-state index in [0.717, 1.165) is 23.6 Å². The van der Waals surface area contributed by atoms with Gasteiger partial charge < -0.3 is 9.13 Å². The number of nitrogens with zero attached hydrogens (tertiary/aromatic N) is 4. The second-order valence-corrected chi connectivity index (χ2v) is 6.88. The zero-order chi connectivity index (χ0) is 18.3. The van der Waals surface area contributed by atoms with Crippen LogP contribution in [0.25, 0.3) is 11.6 Å². The first-order chi connectivity index (χ1) is 12.5. The van der Waals surface area contributed by atoms with Crippen LogP contribution in [-0.4, -0.2) is 24.3 Å². The lowest BCUT2D eigenvalue weighted by Gasteiger charge is -2.15. The minimum atomic E-state index is 0.817. The average molecular weight is 345 g/mol. The number of aryl methyl sites for hydroxylation is 4. The van der Waals surface area contributed by atoms with Gasteiger partial charge in [-0.1, -0.05) is 0 Å². The molecule has 0 aliphatic rings. The van der Waals surface area contributed by atoms with E-state index in [-0.39, 0.29) is 0 Å². The molecule has 0 saturated carbocycles. The molecule has 0 saturated heterocycles. The van der Waals surface area contributed by atoms with Crippen LogP contribution >= 0.6 is 0 Å². The maximum atomic E-state index is 4.99. The number of aromatic amines is 1. The SMILES string of the molecule is Cc1ccc(C)n1-c1cc(Cc2cn[nH]c2)cc(-n2c(C)ccc2C)n1. The van der Waals surface area contributed by atoms with Crippen LogP contribution in [0.4, 0.5) is 0 Å². The average Bonchev–Trinajstić information content (AvgIpc) is 3.30. The summed E-state index contributed by atoms with van der Waals surface area (Å²) in [6.07, 6.45) is 4.63. The molecule has 4 rings (SSSR count). The summed E-state index contributed by atoms with van der Waals surface area (Å²) in [5, 5.41) is 6.96. The third kappa shape index (κ3) is 2.86. The molecule has 4 aromatic rings. The van der Waals surface area contributed by atoms with Gasteiger partial charge in [-0.15, -0.1) is 0 Å². The second kappa shape index (κ2) is 6.33. The van der Waals surface area contributed by atoms with Gasteiger partial charge in [0.15, 0.2) is 0 Å². The summed E-state index contributed by atoms with van der Waals surface area (Å²) in [6, 6.07) is 12.9. The lowest BCUT2D eigenvalue weighted by molar-refractivity contribution is 0.866. The van der Waals surface area contributed by atoms with Crippen molar-refractivity contribution >= 4 is 0 Å². The van der Waals surface area contributed by atoms with E-state index in [1.807, 2.05) is 12.4 Å². The van der Waals surface area contributed by atoms with Crippen LogP contribution in [0.5, 0.6) is 0 Å². The molecule has 1 N–H and O–H groups in total. The monoisotopic (exact) mass is 345 g/mol. The van der Waals surface area contributed by atoms with E-state index in [4.69, 9.17) is 4.98 Å². The molecule has 0 unspecified atom stereocenters. The smallest absolute Gasteiger partial charge is 0.139 e. The van der Waals surface area contributed by atoms with Crippen LogP contribution < -0.4 is 0 Å². The third-order valence-electron chi connectivity index (χ3n) is 4.82. The number of pyridine rings is 1. The van der Waals surface area contributed by atoms with Crippen molar-refractivity contribution in [3.63, 3.8) is 0 Å². The topological polar surface area (TPSA) is 51.4 Å². The fourth-order valence-electron chi connectivity index (χ4n) is 3.56. The maximum absolute atomic E-state index is 4.99. The Balaban J connectivity index is 1.90. The molecular formula is C21H23N5. The maximum Gasteiger partial charge on any atom is 0.139 e. The van der Waals surface area contributed by atoms with Gasteiger partial charge in [-0.2, -0.15) is 5.10 Å². The van der Waals surface area contributed by atoms with Crippen LogP contribution in [0.15, 0.2) is 48.8 Å². The molecule has 0 radical (unpaired) electrons. The Morgan fingerprint density at radius 1 is 0.769 bits per heavy atom. The van der Waals surface area contributed by atoms with E-state index >= 15 is 0 Å². The fraction of sp³-hybridized carbons (Fsp3) is 0.238. The summed E-state index contributed by atoms with van der Waals surface area (Å²) in [6.45, 7) is 8.46. The Hall–Kier alpha value is -3.08. The van der Waals surface area contributed by atoms with Crippen molar-refractivity contribution in [3.05, 3.63) is 82.7 Å². The standard InChI is InChI=1S/C21H23N5/c1-14-5-6-15(2)25(14)20-10-18(9-19-12-22-23-13-19)11-21(24-20)26-16(3)7-8-17(26)4/h5-8,10-13H,9H2,1-4H3,(H,22,23). The predicted octanol–water partition coefficient (Wildman–Crippen LogP) is 4.21. The normalized spacial score (nSPS) is 11.2. The quantitative estimate of drug-likeness (QED) is 0.602. The van der Waals surface area contributed by atoms with Gasteiger partial charge in [0.05, 0.1) is 6.20 Å². The van der Waals surface area contributed by atoms with Crippen molar-refractivity contribution in [3.8, 4) is 11.6 Å². The van der Waals surface area contributed by atoms with Gasteiger partial charge >= 0.3 is 0 Å². The zero-order valence-electron chi connectivity index (χ0n) is 15.6.